The Morgan fingerprint density at radius 3 is 2.54 bits per heavy atom. The zero-order valence-corrected chi connectivity index (χ0v) is 13.8. The van der Waals surface area contributed by atoms with E-state index in [4.69, 9.17) is 5.11 Å². The Labute approximate surface area is 141 Å². The number of hydrogen-bond acceptors (Lipinski definition) is 4. The maximum Gasteiger partial charge on any atom is 0.269 e. The minimum absolute atomic E-state index is 0.0367. The van der Waals surface area contributed by atoms with Gasteiger partial charge in [0.1, 0.15) is 5.69 Å². The van der Waals surface area contributed by atoms with Crippen molar-refractivity contribution >= 4 is 11.7 Å². The van der Waals surface area contributed by atoms with Gasteiger partial charge in [-0.15, -0.1) is 0 Å². The molecule has 1 aromatic carbocycles. The number of nitrogens with zero attached hydrogens (tertiary/aromatic N) is 1. The van der Waals surface area contributed by atoms with Crippen molar-refractivity contribution in [2.24, 2.45) is 0 Å². The molecule has 0 saturated heterocycles. The SMILES string of the molecule is CNC(=O)c1cc(C(=O)CCCCO)cc(Cc2ccccc2)n1. The van der Waals surface area contributed by atoms with Crippen molar-refractivity contribution in [1.29, 1.82) is 0 Å². The van der Waals surface area contributed by atoms with Crippen molar-refractivity contribution in [2.45, 2.75) is 25.7 Å². The Kier molecular flexibility index (Phi) is 6.63. The summed E-state index contributed by atoms with van der Waals surface area (Å²) in [6.07, 6.45) is 2.13. The van der Waals surface area contributed by atoms with Crippen molar-refractivity contribution in [2.75, 3.05) is 13.7 Å². The third-order valence-corrected chi connectivity index (χ3v) is 3.70. The van der Waals surface area contributed by atoms with Gasteiger partial charge >= 0.3 is 0 Å². The van der Waals surface area contributed by atoms with Crippen LogP contribution in [0.2, 0.25) is 0 Å². The van der Waals surface area contributed by atoms with Crippen LogP contribution in [0.4, 0.5) is 0 Å². The molecule has 0 saturated carbocycles. The first kappa shape index (κ1) is 17.8. The summed E-state index contributed by atoms with van der Waals surface area (Å²) in [4.78, 5) is 28.7. The summed E-state index contributed by atoms with van der Waals surface area (Å²) in [6.45, 7) is 0.0758. The highest BCUT2D eigenvalue weighted by Crippen LogP contribution is 2.14. The summed E-state index contributed by atoms with van der Waals surface area (Å²) in [5.74, 6) is -0.348. The molecule has 126 valence electrons. The number of unbranched alkanes of at least 4 members (excludes halogenated alkanes) is 1. The molecule has 0 spiro atoms. The van der Waals surface area contributed by atoms with E-state index in [1.54, 1.807) is 6.07 Å². The van der Waals surface area contributed by atoms with Crippen LogP contribution in [0.1, 0.15) is 51.4 Å². The second-order valence-electron chi connectivity index (χ2n) is 5.58. The van der Waals surface area contributed by atoms with Crippen LogP contribution in [-0.2, 0) is 6.42 Å². The highest BCUT2D eigenvalue weighted by Gasteiger charge is 2.14. The summed E-state index contributed by atoms with van der Waals surface area (Å²) in [5.41, 5.74) is 2.49. The number of pyridine rings is 1. The van der Waals surface area contributed by atoms with Crippen molar-refractivity contribution in [3.8, 4) is 0 Å². The van der Waals surface area contributed by atoms with Crippen molar-refractivity contribution < 1.29 is 14.7 Å². The van der Waals surface area contributed by atoms with Gasteiger partial charge in [-0.2, -0.15) is 0 Å². The van der Waals surface area contributed by atoms with Crippen molar-refractivity contribution in [3.63, 3.8) is 0 Å². The quantitative estimate of drug-likeness (QED) is 0.576. The summed E-state index contributed by atoms with van der Waals surface area (Å²) in [6, 6.07) is 13.1. The molecule has 0 atom stereocenters. The summed E-state index contributed by atoms with van der Waals surface area (Å²) < 4.78 is 0. The highest BCUT2D eigenvalue weighted by molar-refractivity contribution is 5.99. The number of benzene rings is 1. The predicted molar refractivity (Wildman–Crippen MR) is 92.1 cm³/mol. The van der Waals surface area contributed by atoms with E-state index in [1.807, 2.05) is 30.3 Å². The Bertz CT molecular complexity index is 699. The van der Waals surface area contributed by atoms with E-state index in [-0.39, 0.29) is 24.0 Å². The van der Waals surface area contributed by atoms with Crippen molar-refractivity contribution in [1.82, 2.24) is 10.3 Å². The number of aliphatic hydroxyl groups excluding tert-OH is 1. The largest absolute Gasteiger partial charge is 0.396 e. The number of ketones is 1. The van der Waals surface area contributed by atoms with Gasteiger partial charge in [-0.1, -0.05) is 30.3 Å². The van der Waals surface area contributed by atoms with Crippen LogP contribution in [0.25, 0.3) is 0 Å². The molecule has 2 N–H and O–H groups in total. The van der Waals surface area contributed by atoms with Gasteiger partial charge in [0, 0.05) is 37.8 Å². The molecule has 1 heterocycles. The number of aromatic nitrogens is 1. The zero-order chi connectivity index (χ0) is 17.4. The molecule has 0 bridgehead atoms. The van der Waals surface area contributed by atoms with Gasteiger partial charge < -0.3 is 10.4 Å². The first-order chi connectivity index (χ1) is 11.6. The molecule has 0 aliphatic heterocycles. The Morgan fingerprint density at radius 2 is 1.88 bits per heavy atom. The lowest BCUT2D eigenvalue weighted by Crippen LogP contribution is -2.20. The minimum atomic E-state index is -0.311. The number of nitrogens with one attached hydrogen (secondary N) is 1. The summed E-state index contributed by atoms with van der Waals surface area (Å²) >= 11 is 0. The first-order valence-corrected chi connectivity index (χ1v) is 8.05. The van der Waals surface area contributed by atoms with Gasteiger partial charge in [-0.3, -0.25) is 9.59 Å². The number of amides is 1. The van der Waals surface area contributed by atoms with E-state index < -0.39 is 0 Å². The van der Waals surface area contributed by atoms with Crippen LogP contribution in [0.3, 0.4) is 0 Å². The topological polar surface area (TPSA) is 79.3 Å². The van der Waals surface area contributed by atoms with E-state index in [9.17, 15) is 9.59 Å². The molecule has 5 heteroatoms. The number of carbonyl (C=O) groups excluding carboxylic acids is 2. The molecule has 1 amide bonds. The third-order valence-electron chi connectivity index (χ3n) is 3.70. The maximum atomic E-state index is 12.3. The fraction of sp³-hybridized carbons (Fsp3) is 0.316. The van der Waals surface area contributed by atoms with E-state index in [1.165, 1.54) is 13.1 Å². The number of rotatable bonds is 8. The molecule has 0 aliphatic rings. The van der Waals surface area contributed by atoms with Crippen LogP contribution in [0, 0.1) is 0 Å². The van der Waals surface area contributed by atoms with Crippen LogP contribution in [-0.4, -0.2) is 35.4 Å². The molecule has 2 aromatic rings. The average Bonchev–Trinajstić information content (AvgIpc) is 2.61. The predicted octanol–water partition coefficient (Wildman–Crippen LogP) is 2.38. The van der Waals surface area contributed by atoms with Gasteiger partial charge in [-0.25, -0.2) is 4.98 Å². The van der Waals surface area contributed by atoms with E-state index in [2.05, 4.69) is 10.3 Å². The maximum absolute atomic E-state index is 12.3. The summed E-state index contributed by atoms with van der Waals surface area (Å²) in [7, 11) is 1.54. The fourth-order valence-electron chi connectivity index (χ4n) is 2.43. The lowest BCUT2D eigenvalue weighted by Gasteiger charge is -2.08. The first-order valence-electron chi connectivity index (χ1n) is 8.05. The molecule has 2 rings (SSSR count). The average molecular weight is 326 g/mol. The Hall–Kier alpha value is -2.53. The molecular formula is C19H22N2O3. The molecule has 0 unspecified atom stereocenters. The second-order valence-corrected chi connectivity index (χ2v) is 5.58. The Balaban J connectivity index is 2.27. The molecule has 0 fully saturated rings. The number of Topliss-reactive ketones (excluding diaryl/α,β-unsaturated/α-hetero) is 1. The zero-order valence-electron chi connectivity index (χ0n) is 13.8. The molecule has 1 aromatic heterocycles. The number of aliphatic hydroxyl groups is 1. The van der Waals surface area contributed by atoms with Gasteiger partial charge in [-0.05, 0) is 30.5 Å². The number of hydrogen-bond donors (Lipinski definition) is 2. The van der Waals surface area contributed by atoms with E-state index >= 15 is 0 Å². The fourth-order valence-corrected chi connectivity index (χ4v) is 2.43. The normalized spacial score (nSPS) is 10.4. The van der Waals surface area contributed by atoms with E-state index in [0.29, 0.717) is 36.9 Å². The lowest BCUT2D eigenvalue weighted by atomic mass is 10.0. The third kappa shape index (κ3) is 4.99. The molecule has 0 aliphatic carbocycles. The van der Waals surface area contributed by atoms with Gasteiger partial charge in [0.25, 0.3) is 5.91 Å². The molecule has 0 radical (unpaired) electrons. The van der Waals surface area contributed by atoms with Crippen LogP contribution < -0.4 is 5.32 Å². The summed E-state index contributed by atoms with van der Waals surface area (Å²) in [5, 5.41) is 11.4. The number of carbonyl (C=O) groups is 2. The van der Waals surface area contributed by atoms with Crippen LogP contribution >= 0.6 is 0 Å². The van der Waals surface area contributed by atoms with E-state index in [0.717, 1.165) is 5.56 Å². The van der Waals surface area contributed by atoms with Crippen LogP contribution in [0.15, 0.2) is 42.5 Å². The van der Waals surface area contributed by atoms with Crippen LogP contribution in [0.5, 0.6) is 0 Å². The standard InChI is InChI=1S/C19H22N2O3/c1-20-19(24)17-13-15(18(23)9-5-6-10-22)12-16(21-17)11-14-7-3-2-4-8-14/h2-4,7-8,12-13,22H,5-6,9-11H2,1H3,(H,20,24). The van der Waals surface area contributed by atoms with Gasteiger partial charge in [0.15, 0.2) is 5.78 Å². The minimum Gasteiger partial charge on any atom is -0.396 e. The molecule has 5 nitrogen and oxygen atoms in total. The van der Waals surface area contributed by atoms with Gasteiger partial charge in [0.05, 0.1) is 0 Å². The lowest BCUT2D eigenvalue weighted by molar-refractivity contribution is 0.0958. The van der Waals surface area contributed by atoms with Crippen molar-refractivity contribution in [3.05, 3.63) is 65.0 Å². The second kappa shape index (κ2) is 8.93. The Morgan fingerprint density at radius 1 is 1.12 bits per heavy atom. The highest BCUT2D eigenvalue weighted by atomic mass is 16.3. The monoisotopic (exact) mass is 326 g/mol. The smallest absolute Gasteiger partial charge is 0.269 e. The molecular weight excluding hydrogens is 304 g/mol. The molecule has 24 heavy (non-hydrogen) atoms. The van der Waals surface area contributed by atoms with Gasteiger partial charge in [0.2, 0.25) is 0 Å².